The van der Waals surface area contributed by atoms with Gasteiger partial charge in [0.25, 0.3) is 0 Å². The fraction of sp³-hybridized carbons (Fsp3) is 0.826. The Morgan fingerprint density at radius 3 is 2.64 bits per heavy atom. The van der Waals surface area contributed by atoms with E-state index in [0.29, 0.717) is 12.3 Å². The largest absolute Gasteiger partial charge is 0.460 e. The Labute approximate surface area is 168 Å². The van der Waals surface area contributed by atoms with Crippen LogP contribution in [0.25, 0.3) is 0 Å². The molecule has 5 aliphatic rings. The van der Waals surface area contributed by atoms with E-state index in [9.17, 15) is 9.59 Å². The van der Waals surface area contributed by atoms with Crippen LogP contribution in [-0.2, 0) is 23.8 Å². The first kappa shape index (κ1) is 20.1. The van der Waals surface area contributed by atoms with Crippen LogP contribution in [0.5, 0.6) is 0 Å². The predicted molar refractivity (Wildman–Crippen MR) is 104 cm³/mol. The Balaban J connectivity index is 1.60. The van der Waals surface area contributed by atoms with E-state index in [2.05, 4.69) is 6.08 Å². The van der Waals surface area contributed by atoms with Gasteiger partial charge in [0.1, 0.15) is 5.60 Å². The molecule has 5 heteroatoms. The van der Waals surface area contributed by atoms with Crippen LogP contribution in [0.3, 0.4) is 0 Å². The number of allylic oxidation sites excluding steroid dienone is 1. The number of esters is 1. The standard InChI is InChI=1S/C23H34O5/c1-20(2,3)26-17(25)9-10-22(6)15-13-14-7-11-23(15,12-8-16(22)24)19-18(14)27-21(4,5)28-19/h8,12,14-15,18-19H,7,9-11,13H2,1-6H3/t14?,15?,18?,19?,22-,23?/m1/s1. The summed E-state index contributed by atoms with van der Waals surface area (Å²) in [6.07, 6.45) is 7.84. The molecule has 2 bridgehead atoms. The molecule has 156 valence electrons. The van der Waals surface area contributed by atoms with Crippen LogP contribution in [0.2, 0.25) is 0 Å². The van der Waals surface area contributed by atoms with Crippen molar-refractivity contribution in [3.63, 3.8) is 0 Å². The summed E-state index contributed by atoms with van der Waals surface area (Å²) in [5.74, 6) is -0.0853. The predicted octanol–water partition coefficient (Wildman–Crippen LogP) is 4.19. The molecule has 1 spiro atoms. The number of ether oxygens (including phenoxy) is 3. The van der Waals surface area contributed by atoms with Gasteiger partial charge in [0, 0.05) is 17.3 Å². The highest BCUT2D eigenvalue weighted by Gasteiger charge is 2.68. The second-order valence-corrected chi connectivity index (χ2v) is 10.9. The van der Waals surface area contributed by atoms with E-state index in [1.807, 2.05) is 41.5 Å². The number of hydrogen-bond donors (Lipinski definition) is 0. The number of fused-ring (bicyclic) bond motifs is 1. The number of carbonyl (C=O) groups excluding carboxylic acids is 2. The quantitative estimate of drug-likeness (QED) is 0.676. The van der Waals surface area contributed by atoms with Gasteiger partial charge in [-0.05, 0) is 78.2 Å². The summed E-state index contributed by atoms with van der Waals surface area (Å²) in [6.45, 7) is 11.6. The zero-order valence-corrected chi connectivity index (χ0v) is 18.0. The highest BCUT2D eigenvalue weighted by molar-refractivity contribution is 5.96. The molecule has 4 fully saturated rings. The number of hydrogen-bond acceptors (Lipinski definition) is 5. The maximum Gasteiger partial charge on any atom is 0.306 e. The number of carbonyl (C=O) groups is 2. The van der Waals surface area contributed by atoms with Crippen LogP contribution in [0, 0.1) is 22.7 Å². The highest BCUT2D eigenvalue weighted by Crippen LogP contribution is 2.66. The molecule has 0 N–H and O–H groups in total. The third kappa shape index (κ3) is 3.06. The lowest BCUT2D eigenvalue weighted by molar-refractivity contribution is -0.172. The summed E-state index contributed by atoms with van der Waals surface area (Å²) < 4.78 is 18.1. The van der Waals surface area contributed by atoms with Crippen LogP contribution in [-0.4, -0.2) is 35.3 Å². The molecular formula is C23H34O5. The zero-order valence-electron chi connectivity index (χ0n) is 18.0. The fourth-order valence-corrected chi connectivity index (χ4v) is 6.23. The summed E-state index contributed by atoms with van der Waals surface area (Å²) in [6, 6.07) is 0. The van der Waals surface area contributed by atoms with Gasteiger partial charge in [-0.1, -0.05) is 13.0 Å². The van der Waals surface area contributed by atoms with Gasteiger partial charge >= 0.3 is 5.97 Å². The van der Waals surface area contributed by atoms with Crippen molar-refractivity contribution in [1.82, 2.24) is 0 Å². The summed E-state index contributed by atoms with van der Waals surface area (Å²) >= 11 is 0. The van der Waals surface area contributed by atoms with E-state index >= 15 is 0 Å². The molecule has 1 aliphatic heterocycles. The summed E-state index contributed by atoms with van der Waals surface area (Å²) in [5, 5.41) is 0. The van der Waals surface area contributed by atoms with Crippen LogP contribution >= 0.6 is 0 Å². The van der Waals surface area contributed by atoms with Crippen molar-refractivity contribution in [1.29, 1.82) is 0 Å². The van der Waals surface area contributed by atoms with E-state index in [4.69, 9.17) is 14.2 Å². The van der Waals surface area contributed by atoms with Crippen molar-refractivity contribution >= 4 is 11.8 Å². The van der Waals surface area contributed by atoms with Crippen LogP contribution in [0.1, 0.15) is 73.6 Å². The van der Waals surface area contributed by atoms with Crippen molar-refractivity contribution in [3.05, 3.63) is 12.2 Å². The molecule has 0 amide bonds. The van der Waals surface area contributed by atoms with Crippen molar-refractivity contribution in [2.45, 2.75) is 97.2 Å². The minimum Gasteiger partial charge on any atom is -0.460 e. The van der Waals surface area contributed by atoms with Gasteiger partial charge in [-0.25, -0.2) is 0 Å². The molecule has 5 rings (SSSR count). The summed E-state index contributed by atoms with van der Waals surface area (Å²) in [5.41, 5.74) is -1.25. The van der Waals surface area contributed by atoms with E-state index in [0.717, 1.165) is 19.3 Å². The van der Waals surface area contributed by atoms with Crippen molar-refractivity contribution in [2.75, 3.05) is 0 Å². The number of rotatable bonds is 3. The Kier molecular flexibility index (Phi) is 4.41. The van der Waals surface area contributed by atoms with Crippen molar-refractivity contribution in [3.8, 4) is 0 Å². The third-order valence-corrected chi connectivity index (χ3v) is 7.40. The molecule has 0 radical (unpaired) electrons. The van der Waals surface area contributed by atoms with Crippen LogP contribution < -0.4 is 0 Å². The molecule has 5 nitrogen and oxygen atoms in total. The van der Waals surface area contributed by atoms with E-state index in [1.165, 1.54) is 0 Å². The molecule has 0 aromatic rings. The smallest absolute Gasteiger partial charge is 0.306 e. The van der Waals surface area contributed by atoms with Crippen molar-refractivity contribution < 1.29 is 23.8 Å². The van der Waals surface area contributed by atoms with Crippen LogP contribution in [0.4, 0.5) is 0 Å². The molecule has 1 saturated heterocycles. The molecule has 28 heavy (non-hydrogen) atoms. The normalized spacial score (nSPS) is 43.6. The average Bonchev–Trinajstić information content (AvgIpc) is 2.93. The summed E-state index contributed by atoms with van der Waals surface area (Å²) in [4.78, 5) is 25.4. The molecule has 1 heterocycles. The Hall–Kier alpha value is -1.20. The van der Waals surface area contributed by atoms with E-state index in [1.54, 1.807) is 6.08 Å². The first-order valence-corrected chi connectivity index (χ1v) is 10.7. The van der Waals surface area contributed by atoms with Gasteiger partial charge in [0.2, 0.25) is 0 Å². The minimum atomic E-state index is -0.581. The summed E-state index contributed by atoms with van der Waals surface area (Å²) in [7, 11) is 0. The minimum absolute atomic E-state index is 0.00907. The van der Waals surface area contributed by atoms with E-state index < -0.39 is 16.8 Å². The topological polar surface area (TPSA) is 61.8 Å². The lowest BCUT2D eigenvalue weighted by atomic mass is 9.44. The first-order chi connectivity index (χ1) is 12.9. The van der Waals surface area contributed by atoms with Gasteiger partial charge in [0.05, 0.1) is 12.2 Å². The van der Waals surface area contributed by atoms with E-state index in [-0.39, 0.29) is 41.7 Å². The van der Waals surface area contributed by atoms with Crippen LogP contribution in [0.15, 0.2) is 12.2 Å². The molecule has 0 aromatic carbocycles. The fourth-order valence-electron chi connectivity index (χ4n) is 6.23. The molecule has 6 atom stereocenters. The Bertz CT molecular complexity index is 717. The first-order valence-electron chi connectivity index (χ1n) is 10.7. The lowest BCUT2D eigenvalue weighted by Gasteiger charge is -2.61. The number of ketones is 1. The Morgan fingerprint density at radius 2 is 1.96 bits per heavy atom. The maximum atomic E-state index is 13.1. The molecule has 4 aliphatic carbocycles. The molecule has 5 unspecified atom stereocenters. The highest BCUT2D eigenvalue weighted by atomic mass is 16.8. The van der Waals surface area contributed by atoms with Gasteiger partial charge in [-0.3, -0.25) is 9.59 Å². The average molecular weight is 391 g/mol. The van der Waals surface area contributed by atoms with Gasteiger partial charge in [0.15, 0.2) is 11.6 Å². The maximum absolute atomic E-state index is 13.1. The Morgan fingerprint density at radius 1 is 1.25 bits per heavy atom. The third-order valence-electron chi connectivity index (χ3n) is 7.40. The SMILES string of the molecule is CC(C)(C)OC(=O)CC[C@@]1(C)C(=O)C=CC23CCC(CC21)C1OC(C)(C)OC13. The van der Waals surface area contributed by atoms with Gasteiger partial charge in [-0.2, -0.15) is 0 Å². The molecule has 0 aromatic heterocycles. The monoisotopic (exact) mass is 390 g/mol. The van der Waals surface area contributed by atoms with Crippen molar-refractivity contribution in [2.24, 2.45) is 22.7 Å². The van der Waals surface area contributed by atoms with Gasteiger partial charge < -0.3 is 14.2 Å². The second kappa shape index (κ2) is 6.15. The second-order valence-electron chi connectivity index (χ2n) is 10.9. The zero-order chi connectivity index (χ0) is 20.5. The lowest BCUT2D eigenvalue weighted by Crippen LogP contribution is -2.63. The molecular weight excluding hydrogens is 356 g/mol. The van der Waals surface area contributed by atoms with Gasteiger partial charge in [-0.15, -0.1) is 0 Å². The molecule has 3 saturated carbocycles.